The third kappa shape index (κ3) is 7.94. The average molecular weight is 512 g/mol. The maximum atomic E-state index is 12.9. The first-order chi connectivity index (χ1) is 17.1. The van der Waals surface area contributed by atoms with E-state index >= 15 is 0 Å². The van der Waals surface area contributed by atoms with Crippen molar-refractivity contribution in [3.63, 3.8) is 0 Å². The van der Waals surface area contributed by atoms with Crippen molar-refractivity contribution in [1.29, 1.82) is 0 Å². The van der Waals surface area contributed by atoms with Crippen molar-refractivity contribution in [1.82, 2.24) is 15.3 Å². The number of hydroxylamine groups is 1. The van der Waals surface area contributed by atoms with Crippen molar-refractivity contribution in [3.05, 3.63) is 34.9 Å². The lowest BCUT2D eigenvalue weighted by Crippen LogP contribution is -2.54. The lowest BCUT2D eigenvalue weighted by Gasteiger charge is -2.34. The molecule has 1 aliphatic rings. The maximum absolute atomic E-state index is 12.9. The van der Waals surface area contributed by atoms with Crippen LogP contribution in [0.3, 0.4) is 0 Å². The van der Waals surface area contributed by atoms with Crippen LogP contribution < -0.4 is 5.48 Å². The van der Waals surface area contributed by atoms with Crippen LogP contribution in [0.2, 0.25) is 0 Å². The van der Waals surface area contributed by atoms with Gasteiger partial charge in [-0.1, -0.05) is 13.8 Å². The van der Waals surface area contributed by atoms with Gasteiger partial charge < -0.3 is 30.4 Å². The molecule has 0 saturated carbocycles. The quantitative estimate of drug-likeness (QED) is 0.185. The summed E-state index contributed by atoms with van der Waals surface area (Å²) in [5, 5.41) is 50.5. The summed E-state index contributed by atoms with van der Waals surface area (Å²) in [7, 11) is 0. The first-order valence-corrected chi connectivity index (χ1v) is 12.6. The molecule has 11 heteroatoms. The zero-order chi connectivity index (χ0) is 26.8. The van der Waals surface area contributed by atoms with Crippen LogP contribution in [0.25, 0.3) is 0 Å². The summed E-state index contributed by atoms with van der Waals surface area (Å²) < 4.78 is 0. The summed E-state index contributed by atoms with van der Waals surface area (Å²) in [4.78, 5) is 33.8. The molecule has 1 saturated heterocycles. The smallest absolute Gasteiger partial charge is 0.274 e. The van der Waals surface area contributed by atoms with Gasteiger partial charge in [0, 0.05) is 36.8 Å². The normalized spacial score (nSPS) is 19.5. The minimum absolute atomic E-state index is 0.162. The van der Waals surface area contributed by atoms with E-state index in [2.05, 4.69) is 5.48 Å². The van der Waals surface area contributed by atoms with Gasteiger partial charge in [-0.05, 0) is 56.4 Å². The van der Waals surface area contributed by atoms with Crippen LogP contribution in [0.15, 0.2) is 18.2 Å². The number of carbonyl (C=O) groups excluding carboxylic acids is 2. The number of aliphatic hydroxyl groups is 5. The second-order valence-corrected chi connectivity index (χ2v) is 9.30. The molecule has 0 aliphatic carbocycles. The van der Waals surface area contributed by atoms with Crippen molar-refractivity contribution >= 4 is 11.8 Å². The van der Waals surface area contributed by atoms with Crippen LogP contribution in [0, 0.1) is 6.92 Å². The van der Waals surface area contributed by atoms with Crippen LogP contribution in [-0.2, 0) is 4.84 Å². The van der Waals surface area contributed by atoms with Crippen LogP contribution in [0.1, 0.15) is 65.8 Å². The summed E-state index contributed by atoms with van der Waals surface area (Å²) >= 11 is 0. The van der Waals surface area contributed by atoms with E-state index in [0.717, 1.165) is 24.8 Å². The summed E-state index contributed by atoms with van der Waals surface area (Å²) in [5.74, 6) is -0.805. The van der Waals surface area contributed by atoms with Gasteiger partial charge in [-0.25, -0.2) is 5.48 Å². The van der Waals surface area contributed by atoms with Crippen molar-refractivity contribution < 1.29 is 40.0 Å². The molecule has 5 atom stereocenters. The summed E-state index contributed by atoms with van der Waals surface area (Å²) in [6, 6.07) is 4.45. The summed E-state index contributed by atoms with van der Waals surface area (Å²) in [6.45, 7) is 6.67. The molecule has 1 heterocycles. The first-order valence-electron chi connectivity index (χ1n) is 12.6. The summed E-state index contributed by atoms with van der Waals surface area (Å²) in [5.41, 5.74) is 3.47. The Labute approximate surface area is 212 Å². The first kappa shape index (κ1) is 30.1. The number of hydrogen-bond donors (Lipinski definition) is 6. The Kier molecular flexibility index (Phi) is 12.2. The van der Waals surface area contributed by atoms with E-state index in [1.54, 1.807) is 24.0 Å². The number of nitrogens with one attached hydrogen (secondary N) is 1. The van der Waals surface area contributed by atoms with E-state index < -0.39 is 37.1 Å². The molecule has 2 amide bonds. The monoisotopic (exact) mass is 511 g/mol. The number of nitrogens with zero attached hydrogens (tertiary/aromatic N) is 2. The Morgan fingerprint density at radius 3 is 2.33 bits per heavy atom. The highest BCUT2D eigenvalue weighted by Gasteiger charge is 2.38. The van der Waals surface area contributed by atoms with Crippen LogP contribution in [0.4, 0.5) is 0 Å². The molecule has 6 N–H and O–H groups in total. The average Bonchev–Trinajstić information content (AvgIpc) is 3.35. The second kappa shape index (κ2) is 14.6. The molecule has 36 heavy (non-hydrogen) atoms. The maximum Gasteiger partial charge on any atom is 0.274 e. The highest BCUT2D eigenvalue weighted by atomic mass is 16.7. The standard InChI is InChI=1S/C25H41N3O8/c1-4-8-27(9-5-2)24(34)18-12-16(3)11-17(13-18)23(33)26-36-15-20(30)21(31)22(32)25(35)28-10-6-7-19(28)14-29/h11-13,19-22,25,29-32,35H,4-10,14-15H2,1-3H3,(H,26,33)/t19-,20+,21+,22+,25?/m1/s1. The Bertz CT molecular complexity index is 849. The topological polar surface area (TPSA) is 163 Å². The molecule has 1 aromatic rings. The molecule has 0 bridgehead atoms. The molecule has 1 aliphatic heterocycles. The Morgan fingerprint density at radius 1 is 1.08 bits per heavy atom. The molecule has 0 radical (unpaired) electrons. The second-order valence-electron chi connectivity index (χ2n) is 9.30. The highest BCUT2D eigenvalue weighted by Crippen LogP contribution is 2.22. The van der Waals surface area contributed by atoms with E-state index in [9.17, 15) is 35.1 Å². The van der Waals surface area contributed by atoms with Crippen molar-refractivity contribution in [3.8, 4) is 0 Å². The van der Waals surface area contributed by atoms with Gasteiger partial charge in [-0.15, -0.1) is 0 Å². The van der Waals surface area contributed by atoms with Gasteiger partial charge in [0.15, 0.2) is 0 Å². The Balaban J connectivity index is 1.94. The number of amides is 2. The van der Waals surface area contributed by atoms with Gasteiger partial charge in [-0.3, -0.25) is 19.3 Å². The number of aliphatic hydroxyl groups excluding tert-OH is 5. The predicted molar refractivity (Wildman–Crippen MR) is 132 cm³/mol. The van der Waals surface area contributed by atoms with Gasteiger partial charge in [0.1, 0.15) is 31.1 Å². The fourth-order valence-corrected chi connectivity index (χ4v) is 4.43. The number of benzene rings is 1. The van der Waals surface area contributed by atoms with Gasteiger partial charge in [0.25, 0.3) is 11.8 Å². The molecular formula is C25H41N3O8. The van der Waals surface area contributed by atoms with Crippen molar-refractivity contribution in [2.75, 3.05) is 32.8 Å². The number of aryl methyl sites for hydroxylation is 1. The largest absolute Gasteiger partial charge is 0.395 e. The van der Waals surface area contributed by atoms with E-state index in [1.807, 2.05) is 13.8 Å². The van der Waals surface area contributed by atoms with E-state index in [0.29, 0.717) is 31.6 Å². The van der Waals surface area contributed by atoms with Gasteiger partial charge in [0.2, 0.25) is 0 Å². The molecule has 0 spiro atoms. The van der Waals surface area contributed by atoms with Gasteiger partial charge >= 0.3 is 0 Å². The molecular weight excluding hydrogens is 470 g/mol. The molecule has 204 valence electrons. The lowest BCUT2D eigenvalue weighted by atomic mass is 10.0. The van der Waals surface area contributed by atoms with Crippen LogP contribution in [-0.4, -0.2) is 111 Å². The predicted octanol–water partition coefficient (Wildman–Crippen LogP) is -0.224. The minimum Gasteiger partial charge on any atom is -0.395 e. The van der Waals surface area contributed by atoms with Crippen LogP contribution >= 0.6 is 0 Å². The Hall–Kier alpha value is -2.12. The van der Waals surface area contributed by atoms with E-state index in [-0.39, 0.29) is 24.1 Å². The number of carbonyl (C=O) groups is 2. The SMILES string of the molecule is CCCN(CCC)C(=O)c1cc(C)cc(C(=O)NOC[C@H](O)[C@H](O)[C@H](O)C(O)N2CCC[C@@H]2CO)c1. The molecule has 1 aromatic carbocycles. The fraction of sp³-hybridized carbons (Fsp3) is 0.680. The number of hydrogen-bond acceptors (Lipinski definition) is 9. The molecule has 1 fully saturated rings. The van der Waals surface area contributed by atoms with Crippen molar-refractivity contribution in [2.45, 2.75) is 77.0 Å². The Morgan fingerprint density at radius 2 is 1.72 bits per heavy atom. The summed E-state index contributed by atoms with van der Waals surface area (Å²) in [6.07, 6.45) is -3.56. The zero-order valence-corrected chi connectivity index (χ0v) is 21.3. The fourth-order valence-electron chi connectivity index (χ4n) is 4.43. The number of rotatable bonds is 14. The lowest BCUT2D eigenvalue weighted by molar-refractivity contribution is -0.166. The minimum atomic E-state index is -1.76. The van der Waals surface area contributed by atoms with Gasteiger partial charge in [0.05, 0.1) is 6.61 Å². The third-order valence-corrected chi connectivity index (χ3v) is 6.30. The van der Waals surface area contributed by atoms with Gasteiger partial charge in [-0.2, -0.15) is 0 Å². The highest BCUT2D eigenvalue weighted by molar-refractivity contribution is 5.99. The van der Waals surface area contributed by atoms with E-state index in [4.69, 9.17) is 4.84 Å². The molecule has 0 aromatic heterocycles. The molecule has 1 unspecified atom stereocenters. The number of likely N-dealkylation sites (tertiary alicyclic amines) is 1. The zero-order valence-electron chi connectivity index (χ0n) is 21.3. The molecule has 11 nitrogen and oxygen atoms in total. The molecule has 2 rings (SSSR count). The van der Waals surface area contributed by atoms with Crippen LogP contribution in [0.5, 0.6) is 0 Å². The third-order valence-electron chi connectivity index (χ3n) is 6.30. The van der Waals surface area contributed by atoms with E-state index in [1.165, 1.54) is 11.0 Å². The van der Waals surface area contributed by atoms with Crippen molar-refractivity contribution in [2.24, 2.45) is 0 Å².